The number of rotatable bonds is 2. The molecular formula is C13H13F3N2O2S. The Hall–Kier alpha value is -2.06. The molecule has 0 radical (unpaired) electrons. The molecule has 2 rings (SSSR count). The maximum Gasteiger partial charge on any atom is 0.430 e. The Morgan fingerprint density at radius 3 is 1.90 bits per heavy atom. The van der Waals surface area contributed by atoms with E-state index < -0.39 is 15.2 Å². The zero-order valence-electron chi connectivity index (χ0n) is 11.0. The van der Waals surface area contributed by atoms with Crippen molar-refractivity contribution in [2.45, 2.75) is 6.92 Å². The third kappa shape index (κ3) is 5.44. The molecule has 21 heavy (non-hydrogen) atoms. The van der Waals surface area contributed by atoms with Gasteiger partial charge in [0.15, 0.2) is 4.75 Å². The molecule has 2 aromatic rings. The zero-order chi connectivity index (χ0) is 16.0. The van der Waals surface area contributed by atoms with Gasteiger partial charge >= 0.3 is 10.4 Å². The smallest absolute Gasteiger partial charge is 0.398 e. The number of nitrogens with two attached hydrogens (primary N) is 1. The number of hydrogen-bond acceptors (Lipinski definition) is 3. The fourth-order valence-corrected chi connectivity index (χ4v) is 1.49. The van der Waals surface area contributed by atoms with E-state index in [0.29, 0.717) is 0 Å². The molecular weight excluding hydrogens is 305 g/mol. The molecule has 0 aliphatic heterocycles. The van der Waals surface area contributed by atoms with E-state index in [9.17, 15) is 12.8 Å². The molecule has 0 unspecified atom stereocenters. The summed E-state index contributed by atoms with van der Waals surface area (Å²) in [6.45, 7) is 2.08. The minimum absolute atomic E-state index is 0.830. The van der Waals surface area contributed by atoms with Gasteiger partial charge in [-0.15, -0.1) is 0 Å². The summed E-state index contributed by atoms with van der Waals surface area (Å²) in [5, 5.41) is 0. The first-order chi connectivity index (χ1) is 9.71. The van der Waals surface area contributed by atoms with Crippen molar-refractivity contribution in [3.8, 4) is 11.1 Å². The van der Waals surface area contributed by atoms with E-state index in [1.807, 2.05) is 24.3 Å². The number of aryl methyl sites for hydroxylation is 1. The maximum absolute atomic E-state index is 10.7. The molecule has 0 atom stereocenters. The molecule has 2 N–H and O–H groups in total. The van der Waals surface area contributed by atoms with E-state index in [4.69, 9.17) is 14.2 Å². The largest absolute Gasteiger partial charge is 0.430 e. The van der Waals surface area contributed by atoms with Gasteiger partial charge in [-0.25, -0.2) is 0 Å². The van der Waals surface area contributed by atoms with Crippen LogP contribution in [0.2, 0.25) is 0 Å². The summed E-state index contributed by atoms with van der Waals surface area (Å²) in [4.78, 5) is 0. The average molecular weight is 318 g/mol. The molecule has 0 saturated heterocycles. The van der Waals surface area contributed by atoms with Crippen LogP contribution < -0.4 is 5.73 Å². The molecule has 0 saturated carbocycles. The Kier molecular flexibility index (Phi) is 5.74. The molecule has 0 fully saturated rings. The standard InChI is InChI=1S/C13H13N.F3NO2S/c1-10-6-8-11(9-7-10)12-4-2-3-5-13(12)14;1-4(2)7(3,5)6/h2-9H,14H2,1H3;. The summed E-state index contributed by atoms with van der Waals surface area (Å²) < 4.78 is 46.7. The fourth-order valence-electron chi connectivity index (χ4n) is 1.49. The van der Waals surface area contributed by atoms with Gasteiger partial charge in [-0.1, -0.05) is 60.9 Å². The van der Waals surface area contributed by atoms with E-state index in [1.165, 1.54) is 11.1 Å². The van der Waals surface area contributed by atoms with Crippen LogP contribution in [0, 0.1) is 6.92 Å². The summed E-state index contributed by atoms with van der Waals surface area (Å²) in [7, 11) is -5.74. The van der Waals surface area contributed by atoms with Gasteiger partial charge in [-0.3, -0.25) is 0 Å². The molecule has 0 aliphatic rings. The number of nitrogens with zero attached hydrogens (tertiary/aromatic N) is 1. The Bertz CT molecular complexity index is 689. The predicted octanol–water partition coefficient (Wildman–Crippen LogP) is 3.52. The molecule has 2 aromatic carbocycles. The molecule has 0 aromatic heterocycles. The highest BCUT2D eigenvalue weighted by Crippen LogP contribution is 2.25. The number of halogens is 3. The van der Waals surface area contributed by atoms with E-state index >= 15 is 0 Å². The van der Waals surface area contributed by atoms with Gasteiger partial charge in [0, 0.05) is 11.3 Å². The predicted molar refractivity (Wildman–Crippen MR) is 75.1 cm³/mol. The Morgan fingerprint density at radius 2 is 1.48 bits per heavy atom. The second-order valence-corrected chi connectivity index (χ2v) is 5.17. The van der Waals surface area contributed by atoms with Crippen LogP contribution in [0.4, 0.5) is 18.5 Å². The van der Waals surface area contributed by atoms with E-state index in [2.05, 4.69) is 31.2 Å². The second-order valence-electron chi connectivity index (χ2n) is 4.07. The number of benzene rings is 2. The molecule has 0 bridgehead atoms. The monoisotopic (exact) mass is 318 g/mol. The topological polar surface area (TPSA) is 63.4 Å². The van der Waals surface area contributed by atoms with Crippen molar-refractivity contribution in [2.24, 2.45) is 0 Å². The highest BCUT2D eigenvalue weighted by atomic mass is 32.3. The summed E-state index contributed by atoms with van der Waals surface area (Å²) in [5.41, 5.74) is 10.3. The summed E-state index contributed by atoms with van der Waals surface area (Å²) in [5.74, 6) is 0. The van der Waals surface area contributed by atoms with Gasteiger partial charge in [-0.05, 0) is 18.6 Å². The Balaban J connectivity index is 0.000000270. The third-order valence-corrected chi connectivity index (χ3v) is 2.82. The third-order valence-electron chi connectivity index (χ3n) is 2.49. The van der Waals surface area contributed by atoms with Crippen LogP contribution in [-0.2, 0) is 10.4 Å². The zero-order valence-corrected chi connectivity index (χ0v) is 11.8. The first-order valence-corrected chi connectivity index (χ1v) is 7.04. The summed E-state index contributed by atoms with van der Waals surface area (Å²) >= 11 is 0. The lowest BCUT2D eigenvalue weighted by molar-refractivity contribution is -0.0591. The molecule has 0 amide bonds. The van der Waals surface area contributed by atoms with Crippen molar-refractivity contribution in [2.75, 3.05) is 5.73 Å². The highest BCUT2D eigenvalue weighted by molar-refractivity contribution is 7.83. The lowest BCUT2D eigenvalue weighted by atomic mass is 10.0. The minimum Gasteiger partial charge on any atom is -0.398 e. The lowest BCUT2D eigenvalue weighted by Gasteiger charge is -2.05. The fraction of sp³-hybridized carbons (Fsp3) is 0.0769. The van der Waals surface area contributed by atoms with Crippen LogP contribution >= 0.6 is 0 Å². The summed E-state index contributed by atoms with van der Waals surface area (Å²) in [6, 6.07) is 16.3. The molecule has 0 spiro atoms. The lowest BCUT2D eigenvalue weighted by Crippen LogP contribution is -2.06. The first-order valence-electron chi connectivity index (χ1n) is 5.70. The normalized spacial score (nSPS) is 10.9. The second kappa shape index (κ2) is 7.09. The van der Waals surface area contributed by atoms with Gasteiger partial charge < -0.3 is 5.73 Å². The minimum atomic E-state index is -5.74. The number of para-hydroxylation sites is 1. The quantitative estimate of drug-likeness (QED) is 0.523. The van der Waals surface area contributed by atoms with Gasteiger partial charge in [-0.2, -0.15) is 8.42 Å². The Labute approximate surface area is 120 Å². The van der Waals surface area contributed by atoms with Crippen LogP contribution in [-0.4, -0.2) is 13.2 Å². The van der Waals surface area contributed by atoms with Crippen molar-refractivity contribution >= 4 is 16.1 Å². The molecule has 8 heteroatoms. The molecule has 0 heterocycles. The van der Waals surface area contributed by atoms with E-state index in [-0.39, 0.29) is 0 Å². The van der Waals surface area contributed by atoms with Gasteiger partial charge in [0.1, 0.15) is 0 Å². The van der Waals surface area contributed by atoms with Crippen LogP contribution in [0.1, 0.15) is 5.56 Å². The van der Waals surface area contributed by atoms with E-state index in [1.54, 1.807) is 0 Å². The Morgan fingerprint density at radius 1 is 1.00 bits per heavy atom. The van der Waals surface area contributed by atoms with Gasteiger partial charge in [0.05, 0.1) is 0 Å². The number of nitrogen functional groups attached to an aromatic ring is 1. The van der Waals surface area contributed by atoms with Crippen LogP contribution in [0.5, 0.6) is 0 Å². The molecule has 4 nitrogen and oxygen atoms in total. The number of hydrogen-bond donors (Lipinski definition) is 1. The number of anilines is 1. The summed E-state index contributed by atoms with van der Waals surface area (Å²) in [6.07, 6.45) is 0. The van der Waals surface area contributed by atoms with E-state index in [0.717, 1.165) is 11.3 Å². The van der Waals surface area contributed by atoms with Crippen LogP contribution in [0.15, 0.2) is 48.5 Å². The molecule has 114 valence electrons. The first kappa shape index (κ1) is 17.0. The van der Waals surface area contributed by atoms with Crippen molar-refractivity contribution in [3.63, 3.8) is 0 Å². The molecule has 0 aliphatic carbocycles. The van der Waals surface area contributed by atoms with Gasteiger partial charge in [0.2, 0.25) is 0 Å². The van der Waals surface area contributed by atoms with Crippen molar-refractivity contribution in [1.29, 1.82) is 0 Å². The van der Waals surface area contributed by atoms with Gasteiger partial charge in [0.25, 0.3) is 0 Å². The van der Waals surface area contributed by atoms with Crippen LogP contribution in [0.3, 0.4) is 0 Å². The van der Waals surface area contributed by atoms with Crippen molar-refractivity contribution in [1.82, 2.24) is 4.75 Å². The SMILES string of the molecule is Cc1ccc(-c2ccccc2N)cc1.O=S(=O)(F)N(F)F. The van der Waals surface area contributed by atoms with Crippen LogP contribution in [0.25, 0.3) is 11.1 Å². The highest BCUT2D eigenvalue weighted by Gasteiger charge is 2.18. The maximum atomic E-state index is 10.7. The average Bonchev–Trinajstić information content (AvgIpc) is 2.40. The van der Waals surface area contributed by atoms with Crippen molar-refractivity contribution < 1.29 is 21.3 Å². The van der Waals surface area contributed by atoms with Crippen molar-refractivity contribution in [3.05, 3.63) is 54.1 Å².